The highest BCUT2D eigenvalue weighted by molar-refractivity contribution is 5.75. The molecule has 0 amide bonds. The maximum absolute atomic E-state index is 12.9. The molecule has 0 aliphatic heterocycles. The van der Waals surface area contributed by atoms with Gasteiger partial charge in [-0.3, -0.25) is 0 Å². The van der Waals surface area contributed by atoms with Gasteiger partial charge in [0.25, 0.3) is 0 Å². The topological polar surface area (TPSA) is 66.8 Å². The van der Waals surface area contributed by atoms with Crippen molar-refractivity contribution in [2.75, 3.05) is 7.11 Å². The van der Waals surface area contributed by atoms with Gasteiger partial charge in [0, 0.05) is 11.6 Å². The fourth-order valence-corrected chi connectivity index (χ4v) is 1.19. The molecule has 0 unspecified atom stereocenters. The molecule has 0 saturated heterocycles. The summed E-state index contributed by atoms with van der Waals surface area (Å²) in [4.78, 5) is 10.3. The molecule has 1 aromatic carbocycles. The highest BCUT2D eigenvalue weighted by Gasteiger charge is 2.39. The molecule has 0 aliphatic rings. The molecule has 0 fully saturated rings. The van der Waals surface area contributed by atoms with E-state index in [1.54, 1.807) is 0 Å². The molecule has 6 heteroatoms. The summed E-state index contributed by atoms with van der Waals surface area (Å²) < 4.78 is 30.6. The number of alkyl halides is 2. The van der Waals surface area contributed by atoms with E-state index in [1.165, 1.54) is 19.2 Å². The van der Waals surface area contributed by atoms with Crippen molar-refractivity contribution in [1.29, 1.82) is 0 Å². The monoisotopic (exact) mass is 232 g/mol. The molecule has 0 bridgehead atoms. The molecule has 1 rings (SSSR count). The van der Waals surface area contributed by atoms with Crippen LogP contribution in [0.15, 0.2) is 18.2 Å². The third-order valence-electron chi connectivity index (χ3n) is 2.00. The molecule has 0 radical (unpaired) electrons. The Balaban J connectivity index is 3.01. The summed E-state index contributed by atoms with van der Waals surface area (Å²) in [5.74, 6) is -6.16. The number of rotatable bonds is 4. The van der Waals surface area contributed by atoms with Crippen LogP contribution in [0.1, 0.15) is 5.56 Å². The molecule has 0 saturated carbocycles. The van der Waals surface area contributed by atoms with Crippen LogP contribution < -0.4 is 4.74 Å². The number of phenols is 1. The van der Waals surface area contributed by atoms with Gasteiger partial charge in [0.1, 0.15) is 11.5 Å². The average Bonchev–Trinajstić information content (AvgIpc) is 2.20. The fourth-order valence-electron chi connectivity index (χ4n) is 1.19. The Bertz CT molecular complexity index is 404. The zero-order valence-electron chi connectivity index (χ0n) is 8.41. The molecule has 1 aromatic rings. The van der Waals surface area contributed by atoms with Crippen molar-refractivity contribution in [2.45, 2.75) is 12.3 Å². The number of phenolic OH excluding ortho intramolecular Hbond substituents is 1. The van der Waals surface area contributed by atoms with Crippen molar-refractivity contribution in [1.82, 2.24) is 0 Å². The van der Waals surface area contributed by atoms with Crippen molar-refractivity contribution >= 4 is 5.97 Å². The zero-order chi connectivity index (χ0) is 12.3. The second kappa shape index (κ2) is 4.34. The van der Waals surface area contributed by atoms with Crippen LogP contribution in [0.3, 0.4) is 0 Å². The Morgan fingerprint density at radius 2 is 2.12 bits per heavy atom. The predicted octanol–water partition coefficient (Wildman–Crippen LogP) is 1.66. The third kappa shape index (κ3) is 2.59. The first-order valence-electron chi connectivity index (χ1n) is 4.34. The van der Waals surface area contributed by atoms with Gasteiger partial charge >= 0.3 is 11.9 Å². The number of methoxy groups -OCH3 is 1. The second-order valence-corrected chi connectivity index (χ2v) is 3.18. The lowest BCUT2D eigenvalue weighted by Gasteiger charge is -2.13. The average molecular weight is 232 g/mol. The molecule has 88 valence electrons. The maximum atomic E-state index is 12.9. The van der Waals surface area contributed by atoms with Gasteiger partial charge in [-0.1, -0.05) is 6.07 Å². The molecule has 0 aliphatic carbocycles. The van der Waals surface area contributed by atoms with Crippen LogP contribution in [0.5, 0.6) is 11.5 Å². The van der Waals surface area contributed by atoms with E-state index in [-0.39, 0.29) is 17.1 Å². The fraction of sp³-hybridized carbons (Fsp3) is 0.300. The van der Waals surface area contributed by atoms with E-state index < -0.39 is 18.3 Å². The number of ether oxygens (including phenoxy) is 1. The Morgan fingerprint density at radius 1 is 1.50 bits per heavy atom. The van der Waals surface area contributed by atoms with Gasteiger partial charge < -0.3 is 14.9 Å². The van der Waals surface area contributed by atoms with Crippen LogP contribution >= 0.6 is 0 Å². The van der Waals surface area contributed by atoms with E-state index in [0.29, 0.717) is 0 Å². The standard InChI is InChI=1S/C10H10F2O4/c1-16-8-4-7(13)3-2-6(8)5-10(11,12)9(14)15/h2-4,13H,5H2,1H3,(H,14,15). The summed E-state index contributed by atoms with van der Waals surface area (Å²) in [5, 5.41) is 17.4. The number of carbonyl (C=O) groups is 1. The Morgan fingerprint density at radius 3 is 2.62 bits per heavy atom. The maximum Gasteiger partial charge on any atom is 0.374 e. The molecule has 0 spiro atoms. The van der Waals surface area contributed by atoms with E-state index >= 15 is 0 Å². The van der Waals surface area contributed by atoms with Gasteiger partial charge in [-0.05, 0) is 6.07 Å². The summed E-state index contributed by atoms with van der Waals surface area (Å²) >= 11 is 0. The van der Waals surface area contributed by atoms with Crippen molar-refractivity contribution < 1.29 is 28.5 Å². The number of carboxylic acid groups (broad SMARTS) is 1. The van der Waals surface area contributed by atoms with Gasteiger partial charge in [-0.25, -0.2) is 4.79 Å². The summed E-state index contributed by atoms with van der Waals surface area (Å²) in [5.41, 5.74) is 0.0210. The SMILES string of the molecule is COc1cc(O)ccc1CC(F)(F)C(=O)O. The van der Waals surface area contributed by atoms with E-state index in [2.05, 4.69) is 0 Å². The number of benzene rings is 1. The van der Waals surface area contributed by atoms with Crippen LogP contribution in [0.2, 0.25) is 0 Å². The minimum Gasteiger partial charge on any atom is -0.508 e. The van der Waals surface area contributed by atoms with Gasteiger partial charge in [-0.15, -0.1) is 0 Å². The Labute approximate surface area is 90.1 Å². The lowest BCUT2D eigenvalue weighted by atomic mass is 10.1. The van der Waals surface area contributed by atoms with E-state index in [9.17, 15) is 13.6 Å². The number of aromatic hydroxyl groups is 1. The van der Waals surface area contributed by atoms with Crippen LogP contribution in [-0.4, -0.2) is 29.2 Å². The first-order valence-corrected chi connectivity index (χ1v) is 4.34. The summed E-state index contributed by atoms with van der Waals surface area (Å²) in [7, 11) is 1.25. The van der Waals surface area contributed by atoms with E-state index in [0.717, 1.165) is 6.07 Å². The van der Waals surface area contributed by atoms with Gasteiger partial charge in [0.2, 0.25) is 0 Å². The molecule has 2 N–H and O–H groups in total. The lowest BCUT2D eigenvalue weighted by molar-refractivity contribution is -0.164. The van der Waals surface area contributed by atoms with Gasteiger partial charge in [0.05, 0.1) is 13.5 Å². The van der Waals surface area contributed by atoms with Crippen LogP contribution in [0.25, 0.3) is 0 Å². The number of hydrogen-bond acceptors (Lipinski definition) is 3. The first kappa shape index (κ1) is 12.2. The molecule has 0 heterocycles. The van der Waals surface area contributed by atoms with Crippen LogP contribution in [0.4, 0.5) is 8.78 Å². The molecule has 0 aromatic heterocycles. The molecule has 16 heavy (non-hydrogen) atoms. The minimum atomic E-state index is -3.86. The molecular formula is C10H10F2O4. The zero-order valence-corrected chi connectivity index (χ0v) is 8.41. The summed E-state index contributed by atoms with van der Waals surface area (Å²) in [6.07, 6.45) is -0.980. The van der Waals surface area contributed by atoms with Gasteiger partial charge in [0.15, 0.2) is 0 Å². The van der Waals surface area contributed by atoms with E-state index in [1.807, 2.05) is 0 Å². The summed E-state index contributed by atoms with van der Waals surface area (Å²) in [6, 6.07) is 3.54. The number of carboxylic acids is 1. The largest absolute Gasteiger partial charge is 0.508 e. The number of halogens is 2. The highest BCUT2D eigenvalue weighted by atomic mass is 19.3. The smallest absolute Gasteiger partial charge is 0.374 e. The lowest BCUT2D eigenvalue weighted by Crippen LogP contribution is -2.30. The molecular weight excluding hydrogens is 222 g/mol. The molecule has 4 nitrogen and oxygen atoms in total. The Kier molecular flexibility index (Phi) is 3.31. The van der Waals surface area contributed by atoms with Crippen LogP contribution in [0, 0.1) is 0 Å². The quantitative estimate of drug-likeness (QED) is 0.828. The van der Waals surface area contributed by atoms with E-state index in [4.69, 9.17) is 14.9 Å². The number of aliphatic carboxylic acids is 1. The van der Waals surface area contributed by atoms with Crippen LogP contribution in [-0.2, 0) is 11.2 Å². The summed E-state index contributed by atoms with van der Waals surface area (Å²) in [6.45, 7) is 0. The van der Waals surface area contributed by atoms with Crippen molar-refractivity contribution in [3.05, 3.63) is 23.8 Å². The Hall–Kier alpha value is -1.85. The van der Waals surface area contributed by atoms with Crippen molar-refractivity contribution in [3.63, 3.8) is 0 Å². The first-order chi connectivity index (χ1) is 7.36. The minimum absolute atomic E-state index is 0.0210. The van der Waals surface area contributed by atoms with Crippen molar-refractivity contribution in [2.24, 2.45) is 0 Å². The third-order valence-corrected chi connectivity index (χ3v) is 2.00. The van der Waals surface area contributed by atoms with Gasteiger partial charge in [-0.2, -0.15) is 8.78 Å². The molecule has 0 atom stereocenters. The predicted molar refractivity (Wildman–Crippen MR) is 50.9 cm³/mol. The second-order valence-electron chi connectivity index (χ2n) is 3.18. The highest BCUT2D eigenvalue weighted by Crippen LogP contribution is 2.29. The van der Waals surface area contributed by atoms with Crippen molar-refractivity contribution in [3.8, 4) is 11.5 Å². The normalized spacial score (nSPS) is 11.2. The number of hydrogen-bond donors (Lipinski definition) is 2.